The first-order valence-corrected chi connectivity index (χ1v) is 9.95. The van der Waals surface area contributed by atoms with Gasteiger partial charge in [0, 0.05) is 30.7 Å². The third-order valence-corrected chi connectivity index (χ3v) is 5.27. The molecule has 0 aliphatic carbocycles. The maximum Gasteiger partial charge on any atom is 0.213 e. The number of benzene rings is 1. The highest BCUT2D eigenvalue weighted by Crippen LogP contribution is 2.16. The SMILES string of the molecule is CN=C(NCc1ccnc(OCc2ccccc2)c1)NCc1nc(C)c(C)s1.I. The number of pyridine rings is 1. The van der Waals surface area contributed by atoms with Crippen LogP contribution in [0.2, 0.25) is 0 Å². The summed E-state index contributed by atoms with van der Waals surface area (Å²) in [5.74, 6) is 1.34. The Hall–Kier alpha value is -2.20. The smallest absolute Gasteiger partial charge is 0.213 e. The number of hydrogen-bond donors (Lipinski definition) is 2. The summed E-state index contributed by atoms with van der Waals surface area (Å²) in [6.45, 7) is 5.90. The van der Waals surface area contributed by atoms with Crippen molar-refractivity contribution in [2.45, 2.75) is 33.5 Å². The number of aromatic nitrogens is 2. The predicted octanol–water partition coefficient (Wildman–Crippen LogP) is 4.22. The monoisotopic (exact) mass is 523 g/mol. The average molecular weight is 523 g/mol. The van der Waals surface area contributed by atoms with E-state index in [0.717, 1.165) is 27.8 Å². The average Bonchev–Trinajstić information content (AvgIpc) is 3.05. The lowest BCUT2D eigenvalue weighted by Gasteiger charge is -2.12. The van der Waals surface area contributed by atoms with E-state index in [-0.39, 0.29) is 24.0 Å². The number of aliphatic imine (C=N–C) groups is 1. The quantitative estimate of drug-likeness (QED) is 0.276. The van der Waals surface area contributed by atoms with Crippen molar-refractivity contribution in [1.82, 2.24) is 20.6 Å². The number of nitrogens with zero attached hydrogens (tertiary/aromatic N) is 3. The molecule has 0 aliphatic heterocycles. The number of nitrogens with one attached hydrogen (secondary N) is 2. The van der Waals surface area contributed by atoms with E-state index in [9.17, 15) is 0 Å². The van der Waals surface area contributed by atoms with Gasteiger partial charge >= 0.3 is 0 Å². The van der Waals surface area contributed by atoms with Gasteiger partial charge in [-0.2, -0.15) is 0 Å². The largest absolute Gasteiger partial charge is 0.473 e. The van der Waals surface area contributed by atoms with E-state index < -0.39 is 0 Å². The van der Waals surface area contributed by atoms with Crippen LogP contribution in [0.4, 0.5) is 0 Å². The fraction of sp³-hybridized carbons (Fsp3) is 0.286. The summed E-state index contributed by atoms with van der Waals surface area (Å²) >= 11 is 1.71. The Bertz CT molecular complexity index is 910. The lowest BCUT2D eigenvalue weighted by atomic mass is 10.2. The van der Waals surface area contributed by atoms with Gasteiger partial charge in [0.25, 0.3) is 0 Å². The zero-order valence-corrected chi connectivity index (χ0v) is 20.0. The summed E-state index contributed by atoms with van der Waals surface area (Å²) in [7, 11) is 1.76. The van der Waals surface area contributed by atoms with Crippen LogP contribution < -0.4 is 15.4 Å². The molecule has 0 bridgehead atoms. The molecular weight excluding hydrogens is 497 g/mol. The Morgan fingerprint density at radius 2 is 1.83 bits per heavy atom. The minimum absolute atomic E-state index is 0. The van der Waals surface area contributed by atoms with E-state index in [1.807, 2.05) is 49.4 Å². The van der Waals surface area contributed by atoms with Gasteiger partial charge in [-0.25, -0.2) is 9.97 Å². The van der Waals surface area contributed by atoms with E-state index >= 15 is 0 Å². The maximum absolute atomic E-state index is 5.79. The Labute approximate surface area is 192 Å². The highest BCUT2D eigenvalue weighted by molar-refractivity contribution is 14.0. The fourth-order valence-corrected chi connectivity index (χ4v) is 3.43. The van der Waals surface area contributed by atoms with Crippen molar-refractivity contribution < 1.29 is 4.74 Å². The Kier molecular flexibility index (Phi) is 9.33. The summed E-state index contributed by atoms with van der Waals surface area (Å²) in [5, 5.41) is 7.66. The molecule has 3 aromatic rings. The second-order valence-corrected chi connectivity index (χ2v) is 7.59. The highest BCUT2D eigenvalue weighted by atomic mass is 127. The van der Waals surface area contributed by atoms with Crippen LogP contribution in [0.25, 0.3) is 0 Å². The molecule has 2 aromatic heterocycles. The number of thiazole rings is 1. The van der Waals surface area contributed by atoms with Crippen LogP contribution in [-0.4, -0.2) is 23.0 Å². The molecule has 0 aliphatic rings. The molecular formula is C21H26IN5OS. The third kappa shape index (κ3) is 7.28. The van der Waals surface area contributed by atoms with Crippen LogP contribution in [0.5, 0.6) is 5.88 Å². The minimum Gasteiger partial charge on any atom is -0.473 e. The number of ether oxygens (including phenoxy) is 1. The van der Waals surface area contributed by atoms with E-state index in [2.05, 4.69) is 32.5 Å². The summed E-state index contributed by atoms with van der Waals surface area (Å²) < 4.78 is 5.79. The third-order valence-electron chi connectivity index (χ3n) is 4.19. The molecule has 3 rings (SSSR count). The Morgan fingerprint density at radius 3 is 2.52 bits per heavy atom. The van der Waals surface area contributed by atoms with Gasteiger partial charge in [-0.15, -0.1) is 35.3 Å². The van der Waals surface area contributed by atoms with Crippen molar-refractivity contribution >= 4 is 41.3 Å². The molecule has 2 N–H and O–H groups in total. The minimum atomic E-state index is 0. The lowest BCUT2D eigenvalue weighted by molar-refractivity contribution is 0.293. The van der Waals surface area contributed by atoms with E-state index in [0.29, 0.717) is 25.6 Å². The molecule has 1 aromatic carbocycles. The Morgan fingerprint density at radius 1 is 1.07 bits per heavy atom. The lowest BCUT2D eigenvalue weighted by Crippen LogP contribution is -2.36. The summed E-state index contributed by atoms with van der Waals surface area (Å²) in [6, 6.07) is 14.0. The van der Waals surface area contributed by atoms with Crippen LogP contribution >= 0.6 is 35.3 Å². The van der Waals surface area contributed by atoms with E-state index in [4.69, 9.17) is 4.74 Å². The van der Waals surface area contributed by atoms with Gasteiger partial charge in [-0.1, -0.05) is 30.3 Å². The number of hydrogen-bond acceptors (Lipinski definition) is 5. The van der Waals surface area contributed by atoms with Gasteiger partial charge < -0.3 is 15.4 Å². The zero-order chi connectivity index (χ0) is 19.8. The molecule has 0 saturated heterocycles. The van der Waals surface area contributed by atoms with Crippen LogP contribution in [0.15, 0.2) is 53.7 Å². The normalized spacial score (nSPS) is 10.9. The second-order valence-electron chi connectivity index (χ2n) is 6.31. The number of aryl methyl sites for hydroxylation is 2. The molecule has 0 unspecified atom stereocenters. The first-order valence-electron chi connectivity index (χ1n) is 9.13. The highest BCUT2D eigenvalue weighted by Gasteiger charge is 2.05. The maximum atomic E-state index is 5.79. The molecule has 0 saturated carbocycles. The molecule has 154 valence electrons. The summed E-state index contributed by atoms with van der Waals surface area (Å²) in [5.41, 5.74) is 3.27. The number of halogens is 1. The van der Waals surface area contributed by atoms with Crippen LogP contribution in [0, 0.1) is 13.8 Å². The number of guanidine groups is 1. The predicted molar refractivity (Wildman–Crippen MR) is 129 cm³/mol. The standard InChI is InChI=1S/C21H25N5OS.HI/c1-15-16(2)28-20(26-15)13-25-21(22-3)24-12-18-9-10-23-19(11-18)27-14-17-7-5-4-6-8-17;/h4-11H,12-14H2,1-3H3,(H2,22,24,25);1H. The van der Waals surface area contributed by atoms with Crippen molar-refractivity contribution in [2.75, 3.05) is 7.05 Å². The molecule has 8 heteroatoms. The Balaban J connectivity index is 0.00000300. The van der Waals surface area contributed by atoms with Crippen molar-refractivity contribution in [3.8, 4) is 5.88 Å². The summed E-state index contributed by atoms with van der Waals surface area (Å²) in [6.07, 6.45) is 1.76. The summed E-state index contributed by atoms with van der Waals surface area (Å²) in [4.78, 5) is 14.3. The van der Waals surface area contributed by atoms with Gasteiger partial charge in [0.15, 0.2) is 5.96 Å². The molecule has 0 fully saturated rings. The van der Waals surface area contributed by atoms with E-state index in [1.54, 1.807) is 24.6 Å². The first kappa shape index (κ1) is 23.1. The first-order chi connectivity index (χ1) is 13.6. The van der Waals surface area contributed by atoms with Crippen LogP contribution in [0.1, 0.15) is 26.7 Å². The van der Waals surface area contributed by atoms with Crippen molar-refractivity contribution in [3.05, 3.63) is 75.4 Å². The molecule has 2 heterocycles. The van der Waals surface area contributed by atoms with Gasteiger partial charge in [0.05, 0.1) is 12.2 Å². The van der Waals surface area contributed by atoms with Crippen LogP contribution in [-0.2, 0) is 19.7 Å². The fourth-order valence-electron chi connectivity index (χ4n) is 2.55. The van der Waals surface area contributed by atoms with Crippen LogP contribution in [0.3, 0.4) is 0 Å². The molecule has 6 nitrogen and oxygen atoms in total. The molecule has 0 amide bonds. The zero-order valence-electron chi connectivity index (χ0n) is 16.8. The van der Waals surface area contributed by atoms with Crippen molar-refractivity contribution in [3.63, 3.8) is 0 Å². The van der Waals surface area contributed by atoms with Gasteiger partial charge in [0.1, 0.15) is 11.6 Å². The molecule has 0 atom stereocenters. The molecule has 29 heavy (non-hydrogen) atoms. The topological polar surface area (TPSA) is 71.4 Å². The molecule has 0 radical (unpaired) electrons. The number of rotatable bonds is 7. The van der Waals surface area contributed by atoms with Crippen molar-refractivity contribution in [1.29, 1.82) is 0 Å². The molecule has 0 spiro atoms. The van der Waals surface area contributed by atoms with Gasteiger partial charge in [-0.3, -0.25) is 4.99 Å². The second kappa shape index (κ2) is 11.7. The van der Waals surface area contributed by atoms with Gasteiger partial charge in [0.2, 0.25) is 5.88 Å². The van der Waals surface area contributed by atoms with Crippen molar-refractivity contribution in [2.24, 2.45) is 4.99 Å². The van der Waals surface area contributed by atoms with Gasteiger partial charge in [-0.05, 0) is 31.0 Å². The van der Waals surface area contributed by atoms with E-state index in [1.165, 1.54) is 4.88 Å².